The molecule has 2 N–H and O–H groups in total. The van der Waals surface area contributed by atoms with Crippen molar-refractivity contribution in [3.63, 3.8) is 0 Å². The van der Waals surface area contributed by atoms with Crippen LogP contribution in [0.15, 0.2) is 24.3 Å². The molecule has 0 aliphatic heterocycles. The van der Waals surface area contributed by atoms with Crippen LogP contribution in [-0.2, 0) is 6.18 Å². The second kappa shape index (κ2) is 6.62. The first-order chi connectivity index (χ1) is 10.6. The quantitative estimate of drug-likeness (QED) is 0.817. The summed E-state index contributed by atoms with van der Waals surface area (Å²) in [6.07, 6.45) is -4.44. The number of benzene rings is 1. The van der Waals surface area contributed by atoms with E-state index in [1.165, 1.54) is 6.07 Å². The zero-order chi connectivity index (χ0) is 17.2. The molecular weight excluding hydrogens is 329 g/mol. The van der Waals surface area contributed by atoms with E-state index in [-0.39, 0.29) is 16.8 Å². The highest BCUT2D eigenvalue weighted by atomic mass is 35.5. The Balaban J connectivity index is 2.33. The Bertz CT molecular complexity index is 702. The van der Waals surface area contributed by atoms with Gasteiger partial charge in [-0.1, -0.05) is 11.6 Å². The molecule has 0 radical (unpaired) electrons. The van der Waals surface area contributed by atoms with Crippen molar-refractivity contribution in [2.24, 2.45) is 0 Å². The largest absolute Gasteiger partial charge is 0.416 e. The number of aromatic nitrogens is 2. The average Bonchev–Trinajstić information content (AvgIpc) is 2.38. The van der Waals surface area contributed by atoms with Crippen molar-refractivity contribution >= 4 is 28.9 Å². The summed E-state index contributed by atoms with van der Waals surface area (Å²) in [6.45, 7) is 5.60. The molecule has 0 spiro atoms. The number of nitrogens with one attached hydrogen (secondary N) is 2. The van der Waals surface area contributed by atoms with Crippen LogP contribution in [0.25, 0.3) is 0 Å². The SMILES string of the molecule is Cc1nc(Nc2cc(C(F)(F)F)ccc2Cl)cc(NC(C)C)n1. The van der Waals surface area contributed by atoms with Crippen molar-refractivity contribution in [1.82, 2.24) is 9.97 Å². The molecule has 1 heterocycles. The van der Waals surface area contributed by atoms with Gasteiger partial charge in [0.15, 0.2) is 0 Å². The standard InChI is InChI=1S/C15H16ClF3N4/c1-8(2)20-13-7-14(22-9(3)21-13)23-12-6-10(15(17,18)19)4-5-11(12)16/h4-8H,1-3H3,(H2,20,21,22,23). The second-order valence-electron chi connectivity index (χ2n) is 5.30. The predicted molar refractivity (Wildman–Crippen MR) is 85.3 cm³/mol. The van der Waals surface area contributed by atoms with Gasteiger partial charge < -0.3 is 10.6 Å². The van der Waals surface area contributed by atoms with E-state index in [2.05, 4.69) is 20.6 Å². The van der Waals surface area contributed by atoms with Gasteiger partial charge in [0.05, 0.1) is 16.3 Å². The molecule has 1 aromatic heterocycles. The molecule has 0 saturated carbocycles. The van der Waals surface area contributed by atoms with Crippen molar-refractivity contribution in [2.75, 3.05) is 10.6 Å². The van der Waals surface area contributed by atoms with Gasteiger partial charge in [0.25, 0.3) is 0 Å². The van der Waals surface area contributed by atoms with Crippen LogP contribution in [0.2, 0.25) is 5.02 Å². The lowest BCUT2D eigenvalue weighted by Crippen LogP contribution is -2.12. The lowest BCUT2D eigenvalue weighted by atomic mass is 10.2. The van der Waals surface area contributed by atoms with Crippen LogP contribution >= 0.6 is 11.6 Å². The van der Waals surface area contributed by atoms with Gasteiger partial charge in [-0.2, -0.15) is 13.2 Å². The molecule has 0 aliphatic rings. The summed E-state index contributed by atoms with van der Waals surface area (Å²) in [4.78, 5) is 8.39. The van der Waals surface area contributed by atoms with Crippen molar-refractivity contribution in [3.05, 3.63) is 40.7 Å². The van der Waals surface area contributed by atoms with Gasteiger partial charge in [0.1, 0.15) is 17.5 Å². The molecule has 23 heavy (non-hydrogen) atoms. The Labute approximate surface area is 137 Å². The molecular formula is C15H16ClF3N4. The first-order valence-electron chi connectivity index (χ1n) is 6.91. The highest BCUT2D eigenvalue weighted by Gasteiger charge is 2.31. The van der Waals surface area contributed by atoms with E-state index in [4.69, 9.17) is 11.6 Å². The van der Waals surface area contributed by atoms with Gasteiger partial charge in [-0.05, 0) is 39.0 Å². The third-order valence-corrected chi connectivity index (χ3v) is 3.16. The maximum absolute atomic E-state index is 12.8. The van der Waals surface area contributed by atoms with E-state index in [0.717, 1.165) is 12.1 Å². The fourth-order valence-corrected chi connectivity index (χ4v) is 2.10. The number of aryl methyl sites for hydroxylation is 1. The Hall–Kier alpha value is -2.02. The van der Waals surface area contributed by atoms with Crippen molar-refractivity contribution in [2.45, 2.75) is 33.0 Å². The van der Waals surface area contributed by atoms with Gasteiger partial charge in [-0.25, -0.2) is 9.97 Å². The summed E-state index contributed by atoms with van der Waals surface area (Å²) in [5.41, 5.74) is -0.647. The molecule has 0 unspecified atom stereocenters. The van der Waals surface area contributed by atoms with Crippen LogP contribution in [0.5, 0.6) is 0 Å². The highest BCUT2D eigenvalue weighted by molar-refractivity contribution is 6.33. The summed E-state index contributed by atoms with van der Waals surface area (Å²) >= 11 is 5.97. The van der Waals surface area contributed by atoms with E-state index >= 15 is 0 Å². The molecule has 2 aromatic rings. The van der Waals surface area contributed by atoms with Crippen LogP contribution in [-0.4, -0.2) is 16.0 Å². The predicted octanol–water partition coefficient (Wildman–Crippen LogP) is 5.02. The molecule has 0 saturated heterocycles. The fourth-order valence-electron chi connectivity index (χ4n) is 1.94. The Kier molecular flexibility index (Phi) is 4.99. The molecule has 1 aromatic carbocycles. The summed E-state index contributed by atoms with van der Waals surface area (Å²) in [5, 5.41) is 6.11. The molecule has 4 nitrogen and oxygen atoms in total. The zero-order valence-corrected chi connectivity index (χ0v) is 13.5. The summed E-state index contributed by atoms with van der Waals surface area (Å²) in [6, 6.07) is 4.87. The number of halogens is 4. The lowest BCUT2D eigenvalue weighted by molar-refractivity contribution is -0.137. The number of hydrogen-bond donors (Lipinski definition) is 2. The van der Waals surface area contributed by atoms with Gasteiger partial charge in [0.2, 0.25) is 0 Å². The van der Waals surface area contributed by atoms with E-state index < -0.39 is 11.7 Å². The molecule has 0 fully saturated rings. The van der Waals surface area contributed by atoms with Gasteiger partial charge in [-0.15, -0.1) is 0 Å². The van der Waals surface area contributed by atoms with Crippen molar-refractivity contribution in [3.8, 4) is 0 Å². The minimum Gasteiger partial charge on any atom is -0.368 e. The molecule has 0 aliphatic carbocycles. The second-order valence-corrected chi connectivity index (χ2v) is 5.71. The average molecular weight is 345 g/mol. The Morgan fingerprint density at radius 1 is 1.09 bits per heavy atom. The summed E-state index contributed by atoms with van der Waals surface area (Å²) in [5.74, 6) is 1.43. The van der Waals surface area contributed by atoms with Crippen LogP contribution in [0, 0.1) is 6.92 Å². The third-order valence-electron chi connectivity index (χ3n) is 2.83. The lowest BCUT2D eigenvalue weighted by Gasteiger charge is -2.14. The molecule has 8 heteroatoms. The Morgan fingerprint density at radius 3 is 2.35 bits per heavy atom. The number of anilines is 3. The van der Waals surface area contributed by atoms with Crippen LogP contribution < -0.4 is 10.6 Å². The van der Waals surface area contributed by atoms with E-state index in [9.17, 15) is 13.2 Å². The number of nitrogens with zero attached hydrogens (tertiary/aromatic N) is 2. The van der Waals surface area contributed by atoms with Crippen LogP contribution in [0.3, 0.4) is 0 Å². The van der Waals surface area contributed by atoms with Crippen molar-refractivity contribution < 1.29 is 13.2 Å². The van der Waals surface area contributed by atoms with Crippen LogP contribution in [0.4, 0.5) is 30.5 Å². The number of hydrogen-bond acceptors (Lipinski definition) is 4. The van der Waals surface area contributed by atoms with E-state index in [1.807, 2.05) is 13.8 Å². The van der Waals surface area contributed by atoms with Crippen LogP contribution in [0.1, 0.15) is 25.2 Å². The van der Waals surface area contributed by atoms with E-state index in [0.29, 0.717) is 17.5 Å². The maximum atomic E-state index is 12.8. The first-order valence-corrected chi connectivity index (χ1v) is 7.29. The topological polar surface area (TPSA) is 49.8 Å². The molecule has 0 atom stereocenters. The van der Waals surface area contributed by atoms with Gasteiger partial charge in [-0.3, -0.25) is 0 Å². The number of rotatable bonds is 4. The Morgan fingerprint density at radius 2 is 1.74 bits per heavy atom. The first kappa shape index (κ1) is 17.3. The van der Waals surface area contributed by atoms with Crippen molar-refractivity contribution in [1.29, 1.82) is 0 Å². The summed E-state index contributed by atoms with van der Waals surface area (Å²) in [7, 11) is 0. The minimum atomic E-state index is -4.44. The summed E-state index contributed by atoms with van der Waals surface area (Å²) < 4.78 is 38.4. The number of alkyl halides is 3. The fraction of sp³-hybridized carbons (Fsp3) is 0.333. The molecule has 0 bridgehead atoms. The van der Waals surface area contributed by atoms with Gasteiger partial charge in [0, 0.05) is 12.1 Å². The maximum Gasteiger partial charge on any atom is 0.416 e. The minimum absolute atomic E-state index is 0.134. The monoisotopic (exact) mass is 344 g/mol. The highest BCUT2D eigenvalue weighted by Crippen LogP contribution is 2.34. The molecule has 124 valence electrons. The van der Waals surface area contributed by atoms with Gasteiger partial charge >= 0.3 is 6.18 Å². The normalized spacial score (nSPS) is 11.7. The van der Waals surface area contributed by atoms with E-state index in [1.54, 1.807) is 13.0 Å². The zero-order valence-electron chi connectivity index (χ0n) is 12.8. The molecule has 2 rings (SSSR count). The third kappa shape index (κ3) is 4.72. The smallest absolute Gasteiger partial charge is 0.368 e. The molecule has 0 amide bonds.